The maximum Gasteiger partial charge on any atom is 0.0649 e. The Morgan fingerprint density at radius 2 is 1.33 bits per heavy atom. The average Bonchev–Trinajstić information content (AvgIpc) is 2.31. The van der Waals surface area contributed by atoms with E-state index in [1.165, 1.54) is 33.4 Å². The third-order valence-electron chi connectivity index (χ3n) is 3.41. The van der Waals surface area contributed by atoms with E-state index in [0.29, 0.717) is 0 Å². The summed E-state index contributed by atoms with van der Waals surface area (Å²) in [6, 6.07) is 13.3. The molecule has 94 valence electrons. The summed E-state index contributed by atoms with van der Waals surface area (Å²) in [5, 5.41) is 0. The lowest BCUT2D eigenvalue weighted by Crippen LogP contribution is -1.99. The minimum Gasteiger partial charge on any atom is -0.0786 e. The SMILES string of the molecule is Cc1ccc(C(Br)c2cc(C)ccc2C)c(C)c1. The van der Waals surface area contributed by atoms with E-state index in [0.717, 1.165) is 0 Å². The van der Waals surface area contributed by atoms with Crippen LogP contribution in [0.25, 0.3) is 0 Å². The highest BCUT2D eigenvalue weighted by molar-refractivity contribution is 9.09. The summed E-state index contributed by atoms with van der Waals surface area (Å²) in [5.41, 5.74) is 8.03. The van der Waals surface area contributed by atoms with Gasteiger partial charge >= 0.3 is 0 Å². The van der Waals surface area contributed by atoms with Gasteiger partial charge in [0, 0.05) is 0 Å². The molecule has 2 rings (SSSR count). The Hall–Kier alpha value is -1.08. The molecule has 0 saturated heterocycles. The van der Waals surface area contributed by atoms with Crippen molar-refractivity contribution in [1.29, 1.82) is 0 Å². The number of rotatable bonds is 2. The highest BCUT2D eigenvalue weighted by Gasteiger charge is 2.14. The molecule has 0 bridgehead atoms. The van der Waals surface area contributed by atoms with Gasteiger partial charge in [0.2, 0.25) is 0 Å². The van der Waals surface area contributed by atoms with Crippen LogP contribution in [0.15, 0.2) is 36.4 Å². The van der Waals surface area contributed by atoms with Gasteiger partial charge < -0.3 is 0 Å². The van der Waals surface area contributed by atoms with E-state index >= 15 is 0 Å². The molecule has 0 aliphatic heterocycles. The lowest BCUT2D eigenvalue weighted by Gasteiger charge is -2.17. The molecule has 2 aromatic rings. The molecule has 0 radical (unpaired) electrons. The van der Waals surface area contributed by atoms with Gasteiger partial charge in [-0.25, -0.2) is 0 Å². The third kappa shape index (κ3) is 2.67. The smallest absolute Gasteiger partial charge is 0.0649 e. The lowest BCUT2D eigenvalue weighted by atomic mass is 9.95. The molecule has 0 spiro atoms. The fourth-order valence-electron chi connectivity index (χ4n) is 2.31. The number of alkyl halides is 1. The normalized spacial score (nSPS) is 12.5. The summed E-state index contributed by atoms with van der Waals surface area (Å²) in [5.74, 6) is 0. The van der Waals surface area contributed by atoms with Crippen molar-refractivity contribution in [2.45, 2.75) is 32.5 Å². The second-order valence-corrected chi connectivity index (χ2v) is 6.00. The lowest BCUT2D eigenvalue weighted by molar-refractivity contribution is 1.10. The van der Waals surface area contributed by atoms with Crippen LogP contribution in [0, 0.1) is 27.7 Å². The molecule has 1 atom stereocenters. The summed E-state index contributed by atoms with van der Waals surface area (Å²) < 4.78 is 0. The zero-order valence-corrected chi connectivity index (χ0v) is 13.0. The Morgan fingerprint density at radius 1 is 0.722 bits per heavy atom. The minimum absolute atomic E-state index is 0.276. The van der Waals surface area contributed by atoms with Crippen LogP contribution in [-0.2, 0) is 0 Å². The second kappa shape index (κ2) is 5.27. The Labute approximate surface area is 118 Å². The first-order chi connectivity index (χ1) is 8.49. The molecule has 18 heavy (non-hydrogen) atoms. The summed E-state index contributed by atoms with van der Waals surface area (Å²) in [6.07, 6.45) is 0. The number of halogens is 1. The Kier molecular flexibility index (Phi) is 3.91. The number of aryl methyl sites for hydroxylation is 4. The molecule has 0 saturated carbocycles. The van der Waals surface area contributed by atoms with Crippen LogP contribution in [-0.4, -0.2) is 0 Å². The van der Waals surface area contributed by atoms with Gasteiger partial charge in [-0.1, -0.05) is 63.5 Å². The largest absolute Gasteiger partial charge is 0.0786 e. The van der Waals surface area contributed by atoms with E-state index in [2.05, 4.69) is 80.0 Å². The van der Waals surface area contributed by atoms with Crippen molar-refractivity contribution in [2.24, 2.45) is 0 Å². The van der Waals surface area contributed by atoms with Crippen LogP contribution in [0.3, 0.4) is 0 Å². The van der Waals surface area contributed by atoms with Crippen molar-refractivity contribution in [3.8, 4) is 0 Å². The van der Waals surface area contributed by atoms with Gasteiger partial charge in [-0.05, 0) is 49.9 Å². The Balaban J connectivity index is 2.47. The van der Waals surface area contributed by atoms with Crippen molar-refractivity contribution < 1.29 is 0 Å². The van der Waals surface area contributed by atoms with E-state index in [1.807, 2.05) is 0 Å². The van der Waals surface area contributed by atoms with E-state index in [-0.39, 0.29) is 4.83 Å². The highest BCUT2D eigenvalue weighted by atomic mass is 79.9. The zero-order chi connectivity index (χ0) is 13.3. The Bertz CT molecular complexity index is 570. The molecule has 1 heteroatoms. The van der Waals surface area contributed by atoms with Crippen molar-refractivity contribution in [2.75, 3.05) is 0 Å². The topological polar surface area (TPSA) is 0 Å². The molecule has 0 N–H and O–H groups in total. The summed E-state index contributed by atoms with van der Waals surface area (Å²) in [4.78, 5) is 0.276. The quantitative estimate of drug-likeness (QED) is 0.651. The van der Waals surface area contributed by atoms with Crippen LogP contribution in [0.5, 0.6) is 0 Å². The first kappa shape index (κ1) is 13.4. The van der Waals surface area contributed by atoms with Gasteiger partial charge in [-0.3, -0.25) is 0 Å². The minimum atomic E-state index is 0.276. The van der Waals surface area contributed by atoms with Gasteiger partial charge in [0.1, 0.15) is 0 Å². The summed E-state index contributed by atoms with van der Waals surface area (Å²) >= 11 is 3.85. The average molecular weight is 303 g/mol. The van der Waals surface area contributed by atoms with Crippen LogP contribution in [0.4, 0.5) is 0 Å². The maximum absolute atomic E-state index is 3.85. The molecule has 0 heterocycles. The molecule has 0 aliphatic rings. The predicted octanol–water partition coefficient (Wildman–Crippen LogP) is 5.40. The molecular formula is C17H19Br. The van der Waals surface area contributed by atoms with E-state index < -0.39 is 0 Å². The molecule has 2 aromatic carbocycles. The van der Waals surface area contributed by atoms with E-state index in [9.17, 15) is 0 Å². The van der Waals surface area contributed by atoms with Gasteiger partial charge in [-0.15, -0.1) is 0 Å². The first-order valence-corrected chi connectivity index (χ1v) is 7.19. The van der Waals surface area contributed by atoms with Gasteiger partial charge in [0.25, 0.3) is 0 Å². The third-order valence-corrected chi connectivity index (χ3v) is 4.39. The van der Waals surface area contributed by atoms with Crippen LogP contribution < -0.4 is 0 Å². The highest BCUT2D eigenvalue weighted by Crippen LogP contribution is 2.35. The molecule has 1 unspecified atom stereocenters. The van der Waals surface area contributed by atoms with E-state index in [4.69, 9.17) is 0 Å². The van der Waals surface area contributed by atoms with Crippen molar-refractivity contribution >= 4 is 15.9 Å². The first-order valence-electron chi connectivity index (χ1n) is 6.27. The van der Waals surface area contributed by atoms with Crippen molar-refractivity contribution in [3.05, 3.63) is 69.8 Å². The van der Waals surface area contributed by atoms with Crippen LogP contribution >= 0.6 is 15.9 Å². The molecule has 0 fully saturated rings. The van der Waals surface area contributed by atoms with Crippen molar-refractivity contribution in [1.82, 2.24) is 0 Å². The number of benzene rings is 2. The van der Waals surface area contributed by atoms with Crippen LogP contribution in [0.2, 0.25) is 0 Å². The molecule has 0 aliphatic carbocycles. The fourth-order valence-corrected chi connectivity index (χ4v) is 3.32. The maximum atomic E-state index is 3.85. The number of hydrogen-bond donors (Lipinski definition) is 0. The monoisotopic (exact) mass is 302 g/mol. The standard InChI is InChI=1S/C17H19Br/c1-11-6-8-15(14(4)9-11)17(18)16-10-12(2)5-7-13(16)3/h5-10,17H,1-4H3. The molecule has 0 nitrogen and oxygen atoms in total. The number of hydrogen-bond acceptors (Lipinski definition) is 0. The molecular weight excluding hydrogens is 284 g/mol. The van der Waals surface area contributed by atoms with E-state index in [1.54, 1.807) is 0 Å². The van der Waals surface area contributed by atoms with Gasteiger partial charge in [0.15, 0.2) is 0 Å². The van der Waals surface area contributed by atoms with Crippen molar-refractivity contribution in [3.63, 3.8) is 0 Å². The van der Waals surface area contributed by atoms with Gasteiger partial charge in [-0.2, -0.15) is 0 Å². The second-order valence-electron chi connectivity index (χ2n) is 5.08. The van der Waals surface area contributed by atoms with Gasteiger partial charge in [0.05, 0.1) is 4.83 Å². The summed E-state index contributed by atoms with van der Waals surface area (Å²) in [6.45, 7) is 8.64. The molecule has 0 amide bonds. The fraction of sp³-hybridized carbons (Fsp3) is 0.294. The molecule has 0 aromatic heterocycles. The zero-order valence-electron chi connectivity index (χ0n) is 11.4. The summed E-state index contributed by atoms with van der Waals surface area (Å²) in [7, 11) is 0. The van der Waals surface area contributed by atoms with Crippen LogP contribution in [0.1, 0.15) is 38.2 Å². The predicted molar refractivity (Wildman–Crippen MR) is 82.6 cm³/mol. The Morgan fingerprint density at radius 3 is 2.00 bits per heavy atom.